The molecule has 0 radical (unpaired) electrons. The van der Waals surface area contributed by atoms with E-state index in [0.29, 0.717) is 13.2 Å². The molecule has 0 bridgehead atoms. The molecule has 0 spiro atoms. The molecule has 0 aromatic carbocycles. The number of ether oxygens (including phenoxy) is 2. The van der Waals surface area contributed by atoms with Gasteiger partial charge >= 0.3 is 11.9 Å². The molecule has 2 aliphatic carbocycles. The van der Waals surface area contributed by atoms with Crippen LogP contribution in [0, 0.1) is 22.7 Å². The van der Waals surface area contributed by atoms with Gasteiger partial charge < -0.3 is 9.47 Å². The lowest BCUT2D eigenvalue weighted by Gasteiger charge is -2.27. The molecule has 2 saturated carbocycles. The van der Waals surface area contributed by atoms with Crippen LogP contribution >= 0.6 is 0 Å². The minimum absolute atomic E-state index is 0.114. The predicted molar refractivity (Wildman–Crippen MR) is 100 cm³/mol. The number of nitriles is 1. The van der Waals surface area contributed by atoms with E-state index in [-0.39, 0.29) is 30.2 Å². The summed E-state index contributed by atoms with van der Waals surface area (Å²) in [6.07, 6.45) is 12.2. The maximum absolute atomic E-state index is 11.0. The largest absolute Gasteiger partial charge is 0.466 e. The van der Waals surface area contributed by atoms with Crippen LogP contribution in [0.2, 0.25) is 0 Å². The second kappa shape index (κ2) is 12.7. The summed E-state index contributed by atoms with van der Waals surface area (Å²) < 4.78 is 9.60. The summed E-state index contributed by atoms with van der Waals surface area (Å²) in [4.78, 5) is 21.9. The SMILES string of the molecule is CCCOC(=O)CCC(=O)OCCC.N#CC1(C2CCCC2)CCCC1. The van der Waals surface area contributed by atoms with Crippen LogP contribution in [-0.2, 0) is 19.1 Å². The first kappa shape index (κ1) is 22.5. The fourth-order valence-corrected chi connectivity index (χ4v) is 3.88. The van der Waals surface area contributed by atoms with Crippen LogP contribution in [0.25, 0.3) is 0 Å². The van der Waals surface area contributed by atoms with Crippen molar-refractivity contribution in [1.82, 2.24) is 0 Å². The Hall–Kier alpha value is -1.57. The minimum Gasteiger partial charge on any atom is -0.466 e. The molecule has 148 valence electrons. The fourth-order valence-electron chi connectivity index (χ4n) is 3.88. The van der Waals surface area contributed by atoms with Gasteiger partial charge in [0.15, 0.2) is 0 Å². The molecule has 0 aromatic heterocycles. The molecule has 2 rings (SSSR count). The first-order valence-electron chi connectivity index (χ1n) is 10.3. The van der Waals surface area contributed by atoms with Crippen molar-refractivity contribution in [3.63, 3.8) is 0 Å². The highest BCUT2D eigenvalue weighted by Crippen LogP contribution is 2.49. The molecule has 5 nitrogen and oxygen atoms in total. The van der Waals surface area contributed by atoms with E-state index in [0.717, 1.165) is 18.8 Å². The third-order valence-corrected chi connectivity index (χ3v) is 5.32. The molecule has 0 aliphatic heterocycles. The molecule has 0 unspecified atom stereocenters. The molecular weight excluding hydrogens is 330 g/mol. The average molecular weight is 366 g/mol. The van der Waals surface area contributed by atoms with Crippen molar-refractivity contribution in [3.05, 3.63) is 0 Å². The fraction of sp³-hybridized carbons (Fsp3) is 0.857. The Labute approximate surface area is 158 Å². The van der Waals surface area contributed by atoms with E-state index >= 15 is 0 Å². The number of carbonyl (C=O) groups excluding carboxylic acids is 2. The van der Waals surface area contributed by atoms with Crippen LogP contribution in [0.5, 0.6) is 0 Å². The van der Waals surface area contributed by atoms with E-state index in [1.54, 1.807) is 0 Å². The van der Waals surface area contributed by atoms with Gasteiger partial charge in [0.25, 0.3) is 0 Å². The normalized spacial score (nSPS) is 18.5. The smallest absolute Gasteiger partial charge is 0.306 e. The van der Waals surface area contributed by atoms with Crippen LogP contribution < -0.4 is 0 Å². The molecule has 5 heteroatoms. The number of esters is 2. The number of nitrogens with zero attached hydrogens (tertiary/aromatic N) is 1. The van der Waals surface area contributed by atoms with E-state index in [4.69, 9.17) is 9.47 Å². The molecular formula is C21H35NO4. The molecule has 0 N–H and O–H groups in total. The minimum atomic E-state index is -0.333. The maximum Gasteiger partial charge on any atom is 0.306 e. The number of hydrogen-bond acceptors (Lipinski definition) is 5. The predicted octanol–water partition coefficient (Wildman–Crippen LogP) is 4.93. The number of carbonyl (C=O) groups is 2. The van der Waals surface area contributed by atoms with Crippen LogP contribution in [0.4, 0.5) is 0 Å². The first-order valence-corrected chi connectivity index (χ1v) is 10.3. The van der Waals surface area contributed by atoms with Crippen molar-refractivity contribution in [3.8, 4) is 6.07 Å². The summed E-state index contributed by atoms with van der Waals surface area (Å²) in [6.45, 7) is 4.68. The van der Waals surface area contributed by atoms with Crippen LogP contribution in [0.3, 0.4) is 0 Å². The van der Waals surface area contributed by atoms with Gasteiger partial charge in [0, 0.05) is 0 Å². The maximum atomic E-state index is 11.0. The zero-order valence-electron chi connectivity index (χ0n) is 16.6. The Bertz CT molecular complexity index is 437. The summed E-state index contributed by atoms with van der Waals surface area (Å²) in [6, 6.07) is 2.62. The lowest BCUT2D eigenvalue weighted by Crippen LogP contribution is -2.23. The molecule has 2 fully saturated rings. The van der Waals surface area contributed by atoms with Gasteiger partial charge in [-0.15, -0.1) is 0 Å². The van der Waals surface area contributed by atoms with E-state index in [2.05, 4.69) is 6.07 Å². The Kier molecular flexibility index (Phi) is 11.0. The van der Waals surface area contributed by atoms with Crippen molar-refractivity contribution in [2.45, 2.75) is 90.9 Å². The van der Waals surface area contributed by atoms with E-state index < -0.39 is 0 Å². The van der Waals surface area contributed by atoms with E-state index in [9.17, 15) is 14.9 Å². The highest BCUT2D eigenvalue weighted by atomic mass is 16.5. The zero-order valence-corrected chi connectivity index (χ0v) is 16.6. The lowest BCUT2D eigenvalue weighted by molar-refractivity contribution is -0.150. The highest BCUT2D eigenvalue weighted by Gasteiger charge is 2.42. The van der Waals surface area contributed by atoms with Crippen molar-refractivity contribution in [1.29, 1.82) is 5.26 Å². The molecule has 26 heavy (non-hydrogen) atoms. The lowest BCUT2D eigenvalue weighted by atomic mass is 9.74. The van der Waals surface area contributed by atoms with Crippen LogP contribution in [0.15, 0.2) is 0 Å². The summed E-state index contributed by atoms with van der Waals surface area (Å²) >= 11 is 0. The summed E-state index contributed by atoms with van der Waals surface area (Å²) in [5.41, 5.74) is 0.122. The third kappa shape index (κ3) is 7.76. The van der Waals surface area contributed by atoms with E-state index in [1.807, 2.05) is 13.8 Å². The van der Waals surface area contributed by atoms with Gasteiger partial charge in [-0.25, -0.2) is 0 Å². The Morgan fingerprint density at radius 1 is 0.923 bits per heavy atom. The Morgan fingerprint density at radius 3 is 1.77 bits per heavy atom. The van der Waals surface area contributed by atoms with Gasteiger partial charge in [0.1, 0.15) is 0 Å². The molecule has 0 atom stereocenters. The van der Waals surface area contributed by atoms with Gasteiger partial charge in [-0.3, -0.25) is 9.59 Å². The molecule has 0 saturated heterocycles. The second-order valence-corrected chi connectivity index (χ2v) is 7.40. The van der Waals surface area contributed by atoms with Crippen molar-refractivity contribution >= 4 is 11.9 Å². The quantitative estimate of drug-likeness (QED) is 0.570. The molecule has 0 aromatic rings. The summed E-state index contributed by atoms with van der Waals surface area (Å²) in [5, 5.41) is 9.23. The average Bonchev–Trinajstić information content (AvgIpc) is 3.35. The highest BCUT2D eigenvalue weighted by molar-refractivity contribution is 5.77. The van der Waals surface area contributed by atoms with Gasteiger partial charge in [-0.2, -0.15) is 5.26 Å². The van der Waals surface area contributed by atoms with Crippen molar-refractivity contribution in [2.24, 2.45) is 11.3 Å². The summed E-state index contributed by atoms with van der Waals surface area (Å²) in [5.74, 6) is 0.0885. The zero-order chi connectivity index (χ0) is 19.3. The van der Waals surface area contributed by atoms with Gasteiger partial charge in [0.05, 0.1) is 37.5 Å². The molecule has 0 amide bonds. The summed E-state index contributed by atoms with van der Waals surface area (Å²) in [7, 11) is 0. The third-order valence-electron chi connectivity index (χ3n) is 5.32. The number of hydrogen-bond donors (Lipinski definition) is 0. The first-order chi connectivity index (χ1) is 12.6. The van der Waals surface area contributed by atoms with Crippen LogP contribution in [0.1, 0.15) is 90.9 Å². The Morgan fingerprint density at radius 2 is 1.38 bits per heavy atom. The Balaban J connectivity index is 0.000000262. The van der Waals surface area contributed by atoms with Crippen molar-refractivity contribution < 1.29 is 19.1 Å². The van der Waals surface area contributed by atoms with Gasteiger partial charge in [0.2, 0.25) is 0 Å². The van der Waals surface area contributed by atoms with Crippen molar-refractivity contribution in [2.75, 3.05) is 13.2 Å². The van der Waals surface area contributed by atoms with Gasteiger partial charge in [-0.05, 0) is 44.4 Å². The van der Waals surface area contributed by atoms with Gasteiger partial charge in [-0.1, -0.05) is 39.5 Å². The second-order valence-electron chi connectivity index (χ2n) is 7.40. The standard InChI is InChI=1S/C11H17N.C10H18O4/c12-9-11(7-3-4-8-11)10-5-1-2-6-10;1-3-7-13-9(11)5-6-10(12)14-8-4-2/h10H,1-8H2;3-8H2,1-2H3. The molecule has 2 aliphatic rings. The monoisotopic (exact) mass is 365 g/mol. The molecule has 0 heterocycles. The number of rotatable bonds is 8. The topological polar surface area (TPSA) is 76.4 Å². The van der Waals surface area contributed by atoms with E-state index in [1.165, 1.54) is 51.4 Å². The van der Waals surface area contributed by atoms with Crippen LogP contribution in [-0.4, -0.2) is 25.2 Å².